The van der Waals surface area contributed by atoms with E-state index in [0.717, 1.165) is 60.6 Å². The SMILES string of the molecule is Cc1ccc2cc(C(O)CCN3CCN(c4ccc(F)cc4)CC3)ccc2n1. The van der Waals surface area contributed by atoms with Crippen molar-refractivity contribution in [3.63, 3.8) is 0 Å². The first-order valence-corrected chi connectivity index (χ1v) is 9.87. The van der Waals surface area contributed by atoms with E-state index in [9.17, 15) is 9.50 Å². The average molecular weight is 379 g/mol. The van der Waals surface area contributed by atoms with Crippen LogP contribution in [0, 0.1) is 12.7 Å². The predicted molar refractivity (Wildman–Crippen MR) is 111 cm³/mol. The number of piperazine rings is 1. The van der Waals surface area contributed by atoms with Crippen LogP contribution in [0.25, 0.3) is 10.9 Å². The van der Waals surface area contributed by atoms with E-state index in [1.54, 1.807) is 0 Å². The van der Waals surface area contributed by atoms with E-state index in [1.165, 1.54) is 12.1 Å². The monoisotopic (exact) mass is 379 g/mol. The molecule has 2 aromatic carbocycles. The number of hydrogen-bond acceptors (Lipinski definition) is 4. The van der Waals surface area contributed by atoms with Gasteiger partial charge in [0.15, 0.2) is 0 Å². The number of nitrogens with zero attached hydrogens (tertiary/aromatic N) is 3. The summed E-state index contributed by atoms with van der Waals surface area (Å²) in [5.41, 5.74) is 3.98. The molecule has 28 heavy (non-hydrogen) atoms. The van der Waals surface area contributed by atoms with Crippen LogP contribution in [0.15, 0.2) is 54.6 Å². The zero-order valence-electron chi connectivity index (χ0n) is 16.2. The van der Waals surface area contributed by atoms with Gasteiger partial charge < -0.3 is 10.0 Å². The first kappa shape index (κ1) is 18.8. The molecule has 3 aromatic rings. The second kappa shape index (κ2) is 8.25. The van der Waals surface area contributed by atoms with Crippen LogP contribution < -0.4 is 4.90 Å². The van der Waals surface area contributed by atoms with Crippen LogP contribution in [0.2, 0.25) is 0 Å². The van der Waals surface area contributed by atoms with Gasteiger partial charge in [0.05, 0.1) is 11.6 Å². The summed E-state index contributed by atoms with van der Waals surface area (Å²) in [7, 11) is 0. The van der Waals surface area contributed by atoms with Gasteiger partial charge in [-0.2, -0.15) is 0 Å². The van der Waals surface area contributed by atoms with Gasteiger partial charge in [0.2, 0.25) is 0 Å². The highest BCUT2D eigenvalue weighted by atomic mass is 19.1. The zero-order chi connectivity index (χ0) is 19.5. The summed E-state index contributed by atoms with van der Waals surface area (Å²) in [5, 5.41) is 11.7. The van der Waals surface area contributed by atoms with Gasteiger partial charge in [-0.25, -0.2) is 4.39 Å². The summed E-state index contributed by atoms with van der Waals surface area (Å²) in [5.74, 6) is -0.198. The van der Waals surface area contributed by atoms with Crippen molar-refractivity contribution in [1.82, 2.24) is 9.88 Å². The third-order valence-corrected chi connectivity index (χ3v) is 5.52. The minimum Gasteiger partial charge on any atom is -0.388 e. The van der Waals surface area contributed by atoms with Crippen LogP contribution in [0.5, 0.6) is 0 Å². The van der Waals surface area contributed by atoms with Gasteiger partial charge in [0.25, 0.3) is 0 Å². The van der Waals surface area contributed by atoms with Crippen molar-refractivity contribution in [2.45, 2.75) is 19.4 Å². The van der Waals surface area contributed by atoms with Crippen molar-refractivity contribution in [3.8, 4) is 0 Å². The minimum absolute atomic E-state index is 0.198. The number of fused-ring (bicyclic) bond motifs is 1. The summed E-state index contributed by atoms with van der Waals surface area (Å²) in [6, 6.07) is 16.8. The lowest BCUT2D eigenvalue weighted by Crippen LogP contribution is -2.46. The second-order valence-corrected chi connectivity index (χ2v) is 7.51. The Morgan fingerprint density at radius 2 is 1.75 bits per heavy atom. The van der Waals surface area contributed by atoms with Crippen molar-refractivity contribution in [2.24, 2.45) is 0 Å². The number of hydrogen-bond donors (Lipinski definition) is 1. The number of pyridine rings is 1. The maximum atomic E-state index is 13.1. The number of anilines is 1. The number of rotatable bonds is 5. The van der Waals surface area contributed by atoms with E-state index in [1.807, 2.05) is 43.3 Å². The normalized spacial score (nSPS) is 16.5. The first-order chi connectivity index (χ1) is 13.6. The topological polar surface area (TPSA) is 39.6 Å². The largest absolute Gasteiger partial charge is 0.388 e. The van der Waals surface area contributed by atoms with Gasteiger partial charge in [-0.3, -0.25) is 9.88 Å². The van der Waals surface area contributed by atoms with Crippen molar-refractivity contribution < 1.29 is 9.50 Å². The highest BCUT2D eigenvalue weighted by molar-refractivity contribution is 5.79. The fourth-order valence-electron chi connectivity index (χ4n) is 3.81. The predicted octanol–water partition coefficient (Wildman–Crippen LogP) is 3.93. The molecule has 0 spiro atoms. The fraction of sp³-hybridized carbons (Fsp3) is 0.348. The van der Waals surface area contributed by atoms with Crippen LogP contribution in [0.1, 0.15) is 23.8 Å². The Bertz CT molecular complexity index is 936. The van der Waals surface area contributed by atoms with Crippen molar-refractivity contribution >= 4 is 16.6 Å². The Labute approximate surface area is 165 Å². The highest BCUT2D eigenvalue weighted by Crippen LogP contribution is 2.23. The lowest BCUT2D eigenvalue weighted by molar-refractivity contribution is 0.139. The van der Waals surface area contributed by atoms with Crippen molar-refractivity contribution in [2.75, 3.05) is 37.6 Å². The summed E-state index contributed by atoms with van der Waals surface area (Å²) < 4.78 is 13.1. The van der Waals surface area contributed by atoms with Crippen LogP contribution in [0.4, 0.5) is 10.1 Å². The molecule has 5 heteroatoms. The van der Waals surface area contributed by atoms with Crippen LogP contribution in [0.3, 0.4) is 0 Å². The molecule has 0 saturated carbocycles. The van der Waals surface area contributed by atoms with Crippen molar-refractivity contribution in [1.29, 1.82) is 0 Å². The standard InChI is InChI=1S/C23H26FN3O/c1-17-2-3-18-16-19(4-9-22(18)25-17)23(28)10-11-26-12-14-27(15-13-26)21-7-5-20(24)6-8-21/h2-9,16,23,28H,10-15H2,1H3. The van der Waals surface area contributed by atoms with Gasteiger partial charge in [-0.15, -0.1) is 0 Å². The summed E-state index contributed by atoms with van der Waals surface area (Å²) >= 11 is 0. The molecule has 4 nitrogen and oxygen atoms in total. The molecule has 1 aliphatic heterocycles. The molecule has 1 N–H and O–H groups in total. The van der Waals surface area contributed by atoms with Gasteiger partial charge in [0, 0.05) is 49.5 Å². The molecule has 146 valence electrons. The molecule has 1 aliphatic rings. The zero-order valence-corrected chi connectivity index (χ0v) is 16.2. The molecule has 0 amide bonds. The fourth-order valence-corrected chi connectivity index (χ4v) is 3.81. The maximum absolute atomic E-state index is 13.1. The molecular formula is C23H26FN3O. The smallest absolute Gasteiger partial charge is 0.123 e. The quantitative estimate of drug-likeness (QED) is 0.729. The molecule has 4 rings (SSSR count). The van der Waals surface area contributed by atoms with Gasteiger partial charge in [-0.05, 0) is 61.4 Å². The summed E-state index contributed by atoms with van der Waals surface area (Å²) in [4.78, 5) is 9.18. The lowest BCUT2D eigenvalue weighted by Gasteiger charge is -2.36. The molecule has 0 bridgehead atoms. The van der Waals surface area contributed by atoms with Gasteiger partial charge in [-0.1, -0.05) is 12.1 Å². The molecule has 1 atom stereocenters. The first-order valence-electron chi connectivity index (χ1n) is 9.87. The Balaban J connectivity index is 1.30. The van der Waals surface area contributed by atoms with E-state index < -0.39 is 6.10 Å². The van der Waals surface area contributed by atoms with Crippen molar-refractivity contribution in [3.05, 3.63) is 71.7 Å². The Morgan fingerprint density at radius 3 is 2.50 bits per heavy atom. The Morgan fingerprint density at radius 1 is 1.00 bits per heavy atom. The van der Waals surface area contributed by atoms with E-state index in [0.29, 0.717) is 6.42 Å². The van der Waals surface area contributed by atoms with E-state index in [4.69, 9.17) is 0 Å². The number of aromatic nitrogens is 1. The average Bonchev–Trinajstić information content (AvgIpc) is 2.72. The van der Waals surface area contributed by atoms with Gasteiger partial charge in [0.1, 0.15) is 5.82 Å². The third-order valence-electron chi connectivity index (χ3n) is 5.52. The molecule has 1 fully saturated rings. The van der Waals surface area contributed by atoms with Crippen LogP contribution in [-0.2, 0) is 0 Å². The highest BCUT2D eigenvalue weighted by Gasteiger charge is 2.18. The Kier molecular flexibility index (Phi) is 5.55. The Hall–Kier alpha value is -2.50. The van der Waals surface area contributed by atoms with E-state index in [2.05, 4.69) is 20.9 Å². The number of aryl methyl sites for hydroxylation is 1. The number of halogens is 1. The molecular weight excluding hydrogens is 353 g/mol. The maximum Gasteiger partial charge on any atom is 0.123 e. The molecule has 1 unspecified atom stereocenters. The second-order valence-electron chi connectivity index (χ2n) is 7.51. The summed E-state index contributed by atoms with van der Waals surface area (Å²) in [6.45, 7) is 6.59. The lowest BCUT2D eigenvalue weighted by atomic mass is 10.0. The minimum atomic E-state index is -0.471. The molecule has 1 saturated heterocycles. The molecule has 0 radical (unpaired) electrons. The number of benzene rings is 2. The van der Waals surface area contributed by atoms with Crippen LogP contribution >= 0.6 is 0 Å². The van der Waals surface area contributed by atoms with E-state index >= 15 is 0 Å². The van der Waals surface area contributed by atoms with Gasteiger partial charge >= 0.3 is 0 Å². The van der Waals surface area contributed by atoms with E-state index in [-0.39, 0.29) is 5.82 Å². The third kappa shape index (κ3) is 4.32. The molecule has 2 heterocycles. The number of aliphatic hydroxyl groups is 1. The number of aliphatic hydroxyl groups excluding tert-OH is 1. The molecule has 1 aromatic heterocycles. The van der Waals surface area contributed by atoms with Crippen LogP contribution in [-0.4, -0.2) is 47.7 Å². The molecule has 0 aliphatic carbocycles. The summed E-state index contributed by atoms with van der Waals surface area (Å²) in [6.07, 6.45) is 0.238.